The quantitative estimate of drug-likeness (QED) is 0.656. The van der Waals surface area contributed by atoms with Gasteiger partial charge in [0.25, 0.3) is 0 Å². The first kappa shape index (κ1) is 18.7. The lowest BCUT2D eigenvalue weighted by molar-refractivity contribution is 0.0530. The molecule has 4 nitrogen and oxygen atoms in total. The Morgan fingerprint density at radius 2 is 1.83 bits per heavy atom. The normalized spacial score (nSPS) is 18.3. The maximum Gasteiger partial charge on any atom is 0.191 e. The van der Waals surface area contributed by atoms with Crippen molar-refractivity contribution in [1.29, 1.82) is 0 Å². The zero-order valence-corrected chi connectivity index (χ0v) is 15.3. The topological polar surface area (TPSA) is 45.7 Å². The molecule has 0 bridgehead atoms. The molecule has 0 radical (unpaired) electrons. The van der Waals surface area contributed by atoms with Crippen molar-refractivity contribution >= 4 is 5.96 Å². The molecule has 5 heteroatoms. The molecular weight excluding hydrogens is 305 g/mol. The summed E-state index contributed by atoms with van der Waals surface area (Å²) in [5.74, 6) is 0.616. The number of halogens is 1. The van der Waals surface area contributed by atoms with E-state index in [1.807, 2.05) is 12.1 Å². The second-order valence-corrected chi connectivity index (χ2v) is 7.47. The van der Waals surface area contributed by atoms with Crippen LogP contribution >= 0.6 is 0 Å². The molecule has 0 amide bonds. The van der Waals surface area contributed by atoms with Crippen molar-refractivity contribution in [2.24, 2.45) is 4.99 Å². The zero-order valence-electron chi connectivity index (χ0n) is 15.3. The van der Waals surface area contributed by atoms with Crippen LogP contribution in [0.3, 0.4) is 0 Å². The van der Waals surface area contributed by atoms with Crippen LogP contribution in [-0.2, 0) is 10.2 Å². The predicted molar refractivity (Wildman–Crippen MR) is 97.0 cm³/mol. The maximum absolute atomic E-state index is 13.3. The predicted octanol–water partition coefficient (Wildman–Crippen LogP) is 3.23. The van der Waals surface area contributed by atoms with Gasteiger partial charge in [-0.25, -0.2) is 4.39 Å². The molecular formula is C19H30FN3O. The van der Waals surface area contributed by atoms with Gasteiger partial charge in [-0.3, -0.25) is 4.99 Å². The maximum atomic E-state index is 13.3. The fraction of sp³-hybridized carbons (Fsp3) is 0.632. The summed E-state index contributed by atoms with van der Waals surface area (Å²) in [6.07, 6.45) is 1.80. The highest BCUT2D eigenvalue weighted by Crippen LogP contribution is 2.35. The minimum Gasteiger partial charge on any atom is -0.381 e. The van der Waals surface area contributed by atoms with Gasteiger partial charge in [-0.15, -0.1) is 0 Å². The molecule has 1 heterocycles. The van der Waals surface area contributed by atoms with Gasteiger partial charge in [0.1, 0.15) is 5.82 Å². The van der Waals surface area contributed by atoms with Crippen LogP contribution in [0.15, 0.2) is 29.3 Å². The van der Waals surface area contributed by atoms with E-state index < -0.39 is 0 Å². The fourth-order valence-corrected chi connectivity index (χ4v) is 3.00. The Kier molecular flexibility index (Phi) is 6.21. The molecule has 0 aromatic heterocycles. The van der Waals surface area contributed by atoms with E-state index in [0.717, 1.165) is 44.1 Å². The van der Waals surface area contributed by atoms with E-state index >= 15 is 0 Å². The Bertz CT molecular complexity index is 543. The first-order valence-corrected chi connectivity index (χ1v) is 8.75. The van der Waals surface area contributed by atoms with E-state index in [1.54, 1.807) is 0 Å². The number of ether oxygens (including phenoxy) is 1. The lowest BCUT2D eigenvalue weighted by Gasteiger charge is -2.37. The van der Waals surface area contributed by atoms with Crippen molar-refractivity contribution in [2.75, 3.05) is 26.3 Å². The van der Waals surface area contributed by atoms with E-state index in [2.05, 4.69) is 38.3 Å². The average molecular weight is 335 g/mol. The van der Waals surface area contributed by atoms with Gasteiger partial charge >= 0.3 is 0 Å². The second kappa shape index (κ2) is 7.97. The summed E-state index contributed by atoms with van der Waals surface area (Å²) in [5, 5.41) is 6.73. The van der Waals surface area contributed by atoms with Crippen molar-refractivity contribution in [1.82, 2.24) is 10.6 Å². The molecule has 0 atom stereocenters. The van der Waals surface area contributed by atoms with Crippen LogP contribution in [0.2, 0.25) is 0 Å². The second-order valence-electron chi connectivity index (χ2n) is 7.47. The third-order valence-electron chi connectivity index (χ3n) is 4.28. The molecule has 1 aromatic carbocycles. The molecule has 24 heavy (non-hydrogen) atoms. The smallest absolute Gasteiger partial charge is 0.191 e. The van der Waals surface area contributed by atoms with Crippen molar-refractivity contribution in [3.8, 4) is 0 Å². The summed E-state index contributed by atoms with van der Waals surface area (Å²) in [6.45, 7) is 11.3. The van der Waals surface area contributed by atoms with Gasteiger partial charge in [-0.1, -0.05) is 12.1 Å². The minimum absolute atomic E-state index is 0.0558. The number of nitrogens with one attached hydrogen (secondary N) is 2. The van der Waals surface area contributed by atoms with Crippen LogP contribution in [0.25, 0.3) is 0 Å². The molecule has 1 saturated heterocycles. The van der Waals surface area contributed by atoms with Gasteiger partial charge in [-0.2, -0.15) is 0 Å². The molecule has 1 aliphatic heterocycles. The average Bonchev–Trinajstić information content (AvgIpc) is 2.53. The van der Waals surface area contributed by atoms with E-state index in [9.17, 15) is 4.39 Å². The first-order chi connectivity index (χ1) is 11.3. The first-order valence-electron chi connectivity index (χ1n) is 8.75. The SMILES string of the molecule is CCNC(=NCC1(c2ccc(F)cc2)CCOCC1)NC(C)(C)C. The highest BCUT2D eigenvalue weighted by Gasteiger charge is 2.34. The summed E-state index contributed by atoms with van der Waals surface area (Å²) >= 11 is 0. The molecule has 134 valence electrons. The molecule has 2 N–H and O–H groups in total. The monoisotopic (exact) mass is 335 g/mol. The van der Waals surface area contributed by atoms with Crippen molar-refractivity contribution < 1.29 is 9.13 Å². The standard InChI is InChI=1S/C19H30FN3O/c1-5-21-17(23-18(2,3)4)22-14-19(10-12-24-13-11-19)15-6-8-16(20)9-7-15/h6-9H,5,10-14H2,1-4H3,(H2,21,22,23). The number of hydrogen-bond donors (Lipinski definition) is 2. The molecule has 0 saturated carbocycles. The van der Waals surface area contributed by atoms with Crippen LogP contribution in [0.5, 0.6) is 0 Å². The largest absolute Gasteiger partial charge is 0.381 e. The van der Waals surface area contributed by atoms with E-state index in [4.69, 9.17) is 9.73 Å². The molecule has 2 rings (SSSR count). The van der Waals surface area contributed by atoms with Crippen molar-refractivity contribution in [3.63, 3.8) is 0 Å². The molecule has 0 aliphatic carbocycles. The van der Waals surface area contributed by atoms with Gasteiger partial charge in [-0.05, 0) is 58.2 Å². The van der Waals surface area contributed by atoms with Gasteiger partial charge < -0.3 is 15.4 Å². The lowest BCUT2D eigenvalue weighted by Crippen LogP contribution is -2.48. The Morgan fingerprint density at radius 3 is 2.38 bits per heavy atom. The summed E-state index contributed by atoms with van der Waals surface area (Å²) in [6, 6.07) is 6.85. The Morgan fingerprint density at radius 1 is 1.21 bits per heavy atom. The van der Waals surface area contributed by atoms with E-state index in [-0.39, 0.29) is 16.8 Å². The molecule has 0 unspecified atom stereocenters. The van der Waals surface area contributed by atoms with Crippen LogP contribution in [0.4, 0.5) is 4.39 Å². The Labute approximate surface area is 144 Å². The highest BCUT2D eigenvalue weighted by atomic mass is 19.1. The zero-order chi connectivity index (χ0) is 17.6. The summed E-state index contributed by atoms with van der Waals surface area (Å²) in [5.41, 5.74) is 0.994. The Balaban J connectivity index is 2.24. The van der Waals surface area contributed by atoms with E-state index in [1.165, 1.54) is 12.1 Å². The number of rotatable bonds is 4. The highest BCUT2D eigenvalue weighted by molar-refractivity contribution is 5.80. The van der Waals surface area contributed by atoms with Crippen LogP contribution in [0.1, 0.15) is 46.1 Å². The summed E-state index contributed by atoms with van der Waals surface area (Å²) in [4.78, 5) is 4.84. The van der Waals surface area contributed by atoms with Gasteiger partial charge in [0, 0.05) is 30.7 Å². The van der Waals surface area contributed by atoms with Gasteiger partial charge in [0.05, 0.1) is 6.54 Å². The summed E-state index contributed by atoms with van der Waals surface area (Å²) in [7, 11) is 0. The van der Waals surface area contributed by atoms with Gasteiger partial charge in [0.2, 0.25) is 0 Å². The molecule has 0 spiro atoms. The molecule has 1 aromatic rings. The molecule has 1 aliphatic rings. The number of hydrogen-bond acceptors (Lipinski definition) is 2. The number of benzene rings is 1. The minimum atomic E-state index is -0.202. The third kappa shape index (κ3) is 5.20. The summed E-state index contributed by atoms with van der Waals surface area (Å²) < 4.78 is 18.9. The van der Waals surface area contributed by atoms with Crippen LogP contribution < -0.4 is 10.6 Å². The van der Waals surface area contributed by atoms with Crippen molar-refractivity contribution in [3.05, 3.63) is 35.6 Å². The third-order valence-corrected chi connectivity index (χ3v) is 4.28. The van der Waals surface area contributed by atoms with E-state index in [0.29, 0.717) is 6.54 Å². The van der Waals surface area contributed by atoms with Crippen LogP contribution in [-0.4, -0.2) is 37.8 Å². The van der Waals surface area contributed by atoms with Gasteiger partial charge in [0.15, 0.2) is 5.96 Å². The molecule has 1 fully saturated rings. The lowest BCUT2D eigenvalue weighted by atomic mass is 9.74. The Hall–Kier alpha value is -1.62. The number of aliphatic imine (C=N–C) groups is 1. The fourth-order valence-electron chi connectivity index (χ4n) is 3.00. The number of guanidine groups is 1. The van der Waals surface area contributed by atoms with Crippen molar-refractivity contribution in [2.45, 2.75) is 51.5 Å². The van der Waals surface area contributed by atoms with Crippen LogP contribution in [0, 0.1) is 5.82 Å². The number of nitrogens with zero attached hydrogens (tertiary/aromatic N) is 1.